The van der Waals surface area contributed by atoms with Gasteiger partial charge in [-0.1, -0.05) is 0 Å². The molecule has 1 aliphatic heterocycles. The second kappa shape index (κ2) is 6.91. The van der Waals surface area contributed by atoms with Crippen molar-refractivity contribution in [3.05, 3.63) is 0 Å². The molecule has 7 heteroatoms. The highest BCUT2D eigenvalue weighted by Gasteiger charge is 2.24. The molecule has 1 saturated heterocycles. The molecule has 0 aromatic rings. The zero-order chi connectivity index (χ0) is 11.8. The average molecular weight is 229 g/mol. The number of aliphatic imine (C=N–C) groups is 1. The molecule has 1 aliphatic rings. The number of hydrogen-bond donors (Lipinski definition) is 2. The number of amides is 2. The summed E-state index contributed by atoms with van der Waals surface area (Å²) in [6, 6.07) is 0. The lowest BCUT2D eigenvalue weighted by molar-refractivity contribution is -0.135. The minimum atomic E-state index is -0.671. The first-order valence-corrected chi connectivity index (χ1v) is 4.97. The number of nitrogens with zero attached hydrogens (tertiary/aromatic N) is 1. The molecular weight excluding hydrogens is 214 g/mol. The van der Waals surface area contributed by atoms with E-state index >= 15 is 0 Å². The van der Waals surface area contributed by atoms with E-state index < -0.39 is 11.8 Å². The van der Waals surface area contributed by atoms with Gasteiger partial charge in [-0.05, 0) is 6.42 Å². The summed E-state index contributed by atoms with van der Waals surface area (Å²) in [5.74, 6) is -1.13. The summed E-state index contributed by atoms with van der Waals surface area (Å²) in [7, 11) is 1.61. The number of guanidine groups is 1. The van der Waals surface area contributed by atoms with Gasteiger partial charge in [0.2, 0.25) is 5.96 Å². The van der Waals surface area contributed by atoms with Crippen LogP contribution < -0.4 is 10.6 Å². The molecule has 0 bridgehead atoms. The summed E-state index contributed by atoms with van der Waals surface area (Å²) in [4.78, 5) is 25.5. The summed E-state index contributed by atoms with van der Waals surface area (Å²) in [5, 5.41) is 4.61. The van der Waals surface area contributed by atoms with Crippen LogP contribution in [-0.2, 0) is 19.1 Å². The number of hydrogen-bond acceptors (Lipinski definition) is 5. The Morgan fingerprint density at radius 2 is 1.81 bits per heavy atom. The van der Waals surface area contributed by atoms with Gasteiger partial charge in [-0.3, -0.25) is 25.2 Å². The predicted octanol–water partition coefficient (Wildman–Crippen LogP) is -1.36. The monoisotopic (exact) mass is 229 g/mol. The molecule has 0 radical (unpaired) electrons. The van der Waals surface area contributed by atoms with Crippen LogP contribution in [0.1, 0.15) is 6.42 Å². The van der Waals surface area contributed by atoms with Crippen molar-refractivity contribution in [2.24, 2.45) is 4.99 Å². The first-order valence-electron chi connectivity index (χ1n) is 4.97. The molecule has 0 atom stereocenters. The Bertz CT molecular complexity index is 272. The summed E-state index contributed by atoms with van der Waals surface area (Å²) >= 11 is 0. The number of carbonyl (C=O) groups excluding carboxylic acids is 2. The summed E-state index contributed by atoms with van der Waals surface area (Å²) in [5.41, 5.74) is 0. The Hall–Kier alpha value is -1.47. The second-order valence-electron chi connectivity index (χ2n) is 3.10. The molecule has 2 N–H and O–H groups in total. The van der Waals surface area contributed by atoms with Crippen molar-refractivity contribution < 1.29 is 19.1 Å². The van der Waals surface area contributed by atoms with Gasteiger partial charge in [-0.2, -0.15) is 0 Å². The van der Waals surface area contributed by atoms with Crippen LogP contribution in [0.25, 0.3) is 0 Å². The maximum absolute atomic E-state index is 10.7. The fourth-order valence-corrected chi connectivity index (χ4v) is 1.04. The van der Waals surface area contributed by atoms with Crippen molar-refractivity contribution in [3.8, 4) is 0 Å². The first kappa shape index (κ1) is 12.6. The summed E-state index contributed by atoms with van der Waals surface area (Å²) in [6.07, 6.45) is 0.721. The van der Waals surface area contributed by atoms with Crippen LogP contribution in [0.4, 0.5) is 0 Å². The Morgan fingerprint density at radius 1 is 1.12 bits per heavy atom. The molecular formula is C9H15N3O4. The largest absolute Gasteiger partial charge is 0.382 e. The van der Waals surface area contributed by atoms with Crippen molar-refractivity contribution >= 4 is 17.8 Å². The van der Waals surface area contributed by atoms with Crippen LogP contribution in [0, 0.1) is 0 Å². The van der Waals surface area contributed by atoms with E-state index in [0.717, 1.165) is 6.42 Å². The molecule has 2 amide bonds. The van der Waals surface area contributed by atoms with Crippen molar-refractivity contribution in [3.63, 3.8) is 0 Å². The minimum absolute atomic E-state index is 0.215. The molecule has 7 nitrogen and oxygen atoms in total. The lowest BCUT2D eigenvalue weighted by Crippen LogP contribution is -2.26. The van der Waals surface area contributed by atoms with E-state index in [1.807, 2.05) is 0 Å². The third-order valence-electron chi connectivity index (χ3n) is 1.82. The van der Waals surface area contributed by atoms with E-state index in [1.54, 1.807) is 7.11 Å². The van der Waals surface area contributed by atoms with E-state index in [0.29, 0.717) is 26.4 Å². The molecule has 1 heterocycles. The fraction of sp³-hybridized carbons (Fsp3) is 0.667. The summed E-state index contributed by atoms with van der Waals surface area (Å²) in [6.45, 7) is 2.19. The van der Waals surface area contributed by atoms with Crippen molar-refractivity contribution in [2.45, 2.75) is 6.42 Å². The molecule has 0 spiro atoms. The lowest BCUT2D eigenvalue weighted by atomic mass is 10.4. The van der Waals surface area contributed by atoms with E-state index in [-0.39, 0.29) is 5.96 Å². The van der Waals surface area contributed by atoms with Crippen LogP contribution in [-0.4, -0.2) is 51.2 Å². The van der Waals surface area contributed by atoms with Crippen LogP contribution in [0.5, 0.6) is 0 Å². The third-order valence-corrected chi connectivity index (χ3v) is 1.82. The van der Waals surface area contributed by atoms with Gasteiger partial charge in [0.25, 0.3) is 0 Å². The highest BCUT2D eigenvalue weighted by Crippen LogP contribution is 1.88. The molecule has 0 aromatic carbocycles. The molecule has 90 valence electrons. The number of carbonyl (C=O) groups is 2. The number of ether oxygens (including phenoxy) is 2. The molecule has 0 aromatic heterocycles. The Balaban J connectivity index is 2.04. The van der Waals surface area contributed by atoms with E-state index in [2.05, 4.69) is 15.6 Å². The third kappa shape index (κ3) is 4.37. The van der Waals surface area contributed by atoms with Gasteiger partial charge in [0, 0.05) is 20.3 Å². The first-order chi connectivity index (χ1) is 7.74. The quantitative estimate of drug-likeness (QED) is 0.417. The maximum atomic E-state index is 10.7. The van der Waals surface area contributed by atoms with Crippen LogP contribution >= 0.6 is 0 Å². The number of methoxy groups -OCH3 is 1. The molecule has 0 saturated carbocycles. The van der Waals surface area contributed by atoms with Crippen LogP contribution in [0.15, 0.2) is 4.99 Å². The lowest BCUT2D eigenvalue weighted by Gasteiger charge is -2.01. The van der Waals surface area contributed by atoms with Gasteiger partial charge < -0.3 is 9.47 Å². The maximum Gasteiger partial charge on any atom is 0.316 e. The molecule has 1 rings (SSSR count). The zero-order valence-electron chi connectivity index (χ0n) is 9.12. The topological polar surface area (TPSA) is 89.0 Å². The van der Waals surface area contributed by atoms with Gasteiger partial charge in [0.1, 0.15) is 0 Å². The molecule has 0 aliphatic carbocycles. The predicted molar refractivity (Wildman–Crippen MR) is 55.9 cm³/mol. The van der Waals surface area contributed by atoms with Gasteiger partial charge in [0.05, 0.1) is 13.2 Å². The van der Waals surface area contributed by atoms with Crippen molar-refractivity contribution in [2.75, 3.05) is 33.5 Å². The molecule has 16 heavy (non-hydrogen) atoms. The van der Waals surface area contributed by atoms with Crippen molar-refractivity contribution in [1.82, 2.24) is 10.6 Å². The minimum Gasteiger partial charge on any atom is -0.382 e. The van der Waals surface area contributed by atoms with Crippen LogP contribution in [0.2, 0.25) is 0 Å². The van der Waals surface area contributed by atoms with Gasteiger partial charge in [-0.15, -0.1) is 0 Å². The summed E-state index contributed by atoms with van der Waals surface area (Å²) < 4.78 is 10.0. The Labute approximate surface area is 93.2 Å². The van der Waals surface area contributed by atoms with E-state index in [1.165, 1.54) is 0 Å². The zero-order valence-corrected chi connectivity index (χ0v) is 9.12. The highest BCUT2D eigenvalue weighted by molar-refractivity contribution is 6.45. The van der Waals surface area contributed by atoms with Gasteiger partial charge in [-0.25, -0.2) is 0 Å². The normalized spacial score (nSPS) is 14.9. The Kier molecular flexibility index (Phi) is 5.44. The van der Waals surface area contributed by atoms with Gasteiger partial charge >= 0.3 is 11.8 Å². The smallest absolute Gasteiger partial charge is 0.316 e. The second-order valence-corrected chi connectivity index (χ2v) is 3.10. The SMILES string of the molecule is COCCOCCCN=C1NC(=O)C(=O)N1. The average Bonchev–Trinajstić information content (AvgIpc) is 2.57. The number of nitrogens with one attached hydrogen (secondary N) is 2. The van der Waals surface area contributed by atoms with Gasteiger partial charge in [0.15, 0.2) is 0 Å². The molecule has 1 fully saturated rings. The Morgan fingerprint density at radius 3 is 2.44 bits per heavy atom. The van der Waals surface area contributed by atoms with E-state index in [9.17, 15) is 9.59 Å². The number of rotatable bonds is 7. The van der Waals surface area contributed by atoms with Crippen LogP contribution in [0.3, 0.4) is 0 Å². The fourth-order valence-electron chi connectivity index (χ4n) is 1.04. The van der Waals surface area contributed by atoms with Crippen molar-refractivity contribution in [1.29, 1.82) is 0 Å². The van der Waals surface area contributed by atoms with E-state index in [4.69, 9.17) is 9.47 Å². The molecule has 0 unspecified atom stereocenters. The highest BCUT2D eigenvalue weighted by atomic mass is 16.5. The standard InChI is InChI=1S/C9H15N3O4/c1-15-5-6-16-4-2-3-10-9-11-7(13)8(14)12-9/h2-6H2,1H3,(H2,10,11,12,13,14).